The van der Waals surface area contributed by atoms with Gasteiger partial charge in [0.2, 0.25) is 0 Å². The molecule has 0 amide bonds. The summed E-state index contributed by atoms with van der Waals surface area (Å²) >= 11 is 0. The van der Waals surface area contributed by atoms with Crippen LogP contribution < -0.4 is 9.99 Å². The first-order chi connectivity index (χ1) is 10.3. The van der Waals surface area contributed by atoms with E-state index in [-0.39, 0.29) is 5.43 Å². The Hall–Kier alpha value is -1.98. The molecule has 3 aromatic rings. The Morgan fingerprint density at radius 2 is 1.76 bits per heavy atom. The molecule has 0 atom stereocenters. The zero-order chi connectivity index (χ0) is 14.2. The van der Waals surface area contributed by atoms with Crippen LogP contribution in [0, 0.1) is 0 Å². The highest BCUT2D eigenvalue weighted by Gasteiger charge is 2.18. The molecule has 3 heterocycles. The van der Waals surface area contributed by atoms with Crippen LogP contribution in [0.1, 0.15) is 0 Å². The minimum absolute atomic E-state index is 0.118. The number of benzene rings is 1. The summed E-state index contributed by atoms with van der Waals surface area (Å²) in [6.07, 6.45) is 0. The maximum atomic E-state index is 12.9. The van der Waals surface area contributed by atoms with E-state index in [9.17, 15) is 4.79 Å². The zero-order valence-electron chi connectivity index (χ0n) is 11.5. The molecule has 4 nitrogen and oxygen atoms in total. The van der Waals surface area contributed by atoms with Crippen LogP contribution >= 0.6 is 0 Å². The van der Waals surface area contributed by atoms with Gasteiger partial charge in [0.15, 0.2) is 14.0 Å². The van der Waals surface area contributed by atoms with Crippen molar-refractivity contribution in [1.82, 2.24) is 0 Å². The summed E-state index contributed by atoms with van der Waals surface area (Å²) in [7, 11) is -1.19. The van der Waals surface area contributed by atoms with E-state index in [0.29, 0.717) is 11.0 Å². The van der Waals surface area contributed by atoms with E-state index in [1.807, 2.05) is 36.4 Å². The Kier molecular flexibility index (Phi) is 3.09. The van der Waals surface area contributed by atoms with Crippen LogP contribution in [-0.2, 0) is 4.74 Å². The van der Waals surface area contributed by atoms with E-state index < -0.39 is 8.56 Å². The first kappa shape index (κ1) is 12.7. The van der Waals surface area contributed by atoms with Gasteiger partial charge in [0.25, 0.3) is 0 Å². The first-order valence-electron chi connectivity index (χ1n) is 7.12. The molecule has 1 fully saturated rings. The predicted octanol–water partition coefficient (Wildman–Crippen LogP) is 1.94. The number of fused-ring (bicyclic) bond motifs is 2. The summed E-state index contributed by atoms with van der Waals surface area (Å²) in [5, 5.41) is 0.677. The summed E-state index contributed by atoms with van der Waals surface area (Å²) in [4.78, 5) is 13.7. The maximum absolute atomic E-state index is 12.9. The van der Waals surface area contributed by atoms with Gasteiger partial charge in [0, 0.05) is 13.1 Å². The third-order valence-electron chi connectivity index (χ3n) is 3.93. The molecule has 21 heavy (non-hydrogen) atoms. The molecule has 2 aromatic heterocycles. The number of hydrogen-bond donors (Lipinski definition) is 0. The summed E-state index contributed by atoms with van der Waals surface area (Å²) in [6.45, 7) is 3.23. The topological polar surface area (TPSA) is 42.7 Å². The lowest BCUT2D eigenvalue weighted by Gasteiger charge is -2.29. The first-order valence-corrected chi connectivity index (χ1v) is 8.64. The molecule has 0 N–H and O–H groups in total. The highest BCUT2D eigenvalue weighted by molar-refractivity contribution is 6.66. The molecular formula is C16H15NO3Si. The van der Waals surface area contributed by atoms with Crippen molar-refractivity contribution < 1.29 is 9.15 Å². The largest absolute Gasteiger partial charge is 0.456 e. The van der Waals surface area contributed by atoms with Gasteiger partial charge in [-0.05, 0) is 18.2 Å². The smallest absolute Gasteiger partial charge is 0.197 e. The second-order valence-electron chi connectivity index (χ2n) is 5.18. The third kappa shape index (κ3) is 2.09. The number of para-hydroxylation sites is 1. The van der Waals surface area contributed by atoms with Gasteiger partial charge in [-0.1, -0.05) is 23.9 Å². The van der Waals surface area contributed by atoms with Crippen LogP contribution in [-0.4, -0.2) is 34.9 Å². The molecule has 5 heteroatoms. The number of ether oxygens (including phenoxy) is 1. The summed E-state index contributed by atoms with van der Waals surface area (Å²) < 4.78 is 13.7. The maximum Gasteiger partial charge on any atom is 0.197 e. The molecule has 0 bridgehead atoms. The Bertz CT molecular complexity index is 868. The van der Waals surface area contributed by atoms with Gasteiger partial charge in [0.05, 0.1) is 23.6 Å². The quantitative estimate of drug-likeness (QED) is 0.508. The monoisotopic (exact) mass is 297 g/mol. The lowest BCUT2D eigenvalue weighted by atomic mass is 10.2. The van der Waals surface area contributed by atoms with E-state index in [1.165, 1.54) is 0 Å². The van der Waals surface area contributed by atoms with Gasteiger partial charge in [0.1, 0.15) is 11.2 Å². The summed E-state index contributed by atoms with van der Waals surface area (Å²) in [6, 6.07) is 11.4. The van der Waals surface area contributed by atoms with E-state index >= 15 is 0 Å². The fourth-order valence-corrected chi connectivity index (χ4v) is 5.29. The molecule has 0 spiro atoms. The van der Waals surface area contributed by atoms with Crippen molar-refractivity contribution in [2.24, 2.45) is 0 Å². The zero-order valence-corrected chi connectivity index (χ0v) is 12.5. The Morgan fingerprint density at radius 1 is 1.00 bits per heavy atom. The van der Waals surface area contributed by atoms with Crippen molar-refractivity contribution in [3.05, 3.63) is 52.3 Å². The molecule has 4 rings (SSSR count). The second kappa shape index (κ2) is 5.09. The summed E-state index contributed by atoms with van der Waals surface area (Å²) in [5.41, 5.74) is 3.68. The minimum atomic E-state index is -1.19. The second-order valence-corrected chi connectivity index (χ2v) is 7.41. The van der Waals surface area contributed by atoms with Crippen molar-refractivity contribution >= 4 is 30.1 Å². The summed E-state index contributed by atoms with van der Waals surface area (Å²) in [5.74, 6) is 0. The number of hydrogen-bond acceptors (Lipinski definition) is 4. The van der Waals surface area contributed by atoms with Crippen molar-refractivity contribution in [1.29, 1.82) is 0 Å². The Balaban J connectivity index is 2.03. The standard InChI is InChI=1S/C16H15NO3Si/c18-15-12-4-1-2-5-13(12)20-14-6-3-11-21(16(14)15)17-7-9-19-10-8-17/h1-6,11H,7-10H2. The van der Waals surface area contributed by atoms with Crippen LogP contribution in [0.4, 0.5) is 0 Å². The van der Waals surface area contributed by atoms with Gasteiger partial charge in [-0.25, -0.2) is 0 Å². The molecule has 1 aromatic carbocycles. The lowest BCUT2D eigenvalue weighted by Crippen LogP contribution is -2.45. The fourth-order valence-electron chi connectivity index (χ4n) is 2.90. The molecular weight excluding hydrogens is 282 g/mol. The molecule has 1 saturated heterocycles. The average Bonchev–Trinajstić information content (AvgIpc) is 2.55. The molecule has 0 radical (unpaired) electrons. The molecule has 0 unspecified atom stereocenters. The van der Waals surface area contributed by atoms with Gasteiger partial charge < -0.3 is 13.7 Å². The van der Waals surface area contributed by atoms with E-state index in [1.54, 1.807) is 0 Å². The Morgan fingerprint density at radius 3 is 2.62 bits per heavy atom. The highest BCUT2D eigenvalue weighted by Crippen LogP contribution is 2.18. The van der Waals surface area contributed by atoms with Gasteiger partial charge >= 0.3 is 0 Å². The molecule has 0 aliphatic carbocycles. The van der Waals surface area contributed by atoms with Crippen LogP contribution in [0.2, 0.25) is 0 Å². The molecule has 106 valence electrons. The predicted molar refractivity (Wildman–Crippen MR) is 84.7 cm³/mol. The molecule has 0 saturated carbocycles. The lowest BCUT2D eigenvalue weighted by molar-refractivity contribution is 0.125. The number of rotatable bonds is 1. The Labute approximate surface area is 123 Å². The van der Waals surface area contributed by atoms with Crippen molar-refractivity contribution in [3.8, 4) is 0 Å². The minimum Gasteiger partial charge on any atom is -0.456 e. The number of morpholine rings is 1. The van der Waals surface area contributed by atoms with Crippen molar-refractivity contribution in [2.75, 3.05) is 30.9 Å². The van der Waals surface area contributed by atoms with Crippen LogP contribution in [0.5, 0.6) is 0 Å². The van der Waals surface area contributed by atoms with Crippen LogP contribution in [0.25, 0.3) is 21.5 Å². The van der Waals surface area contributed by atoms with Crippen LogP contribution in [0.15, 0.2) is 51.3 Å². The fraction of sp³-hybridized carbons (Fsp3) is 0.250. The average molecular weight is 297 g/mol. The molecule has 1 aliphatic rings. The van der Waals surface area contributed by atoms with Crippen LogP contribution in [0.3, 0.4) is 0 Å². The van der Waals surface area contributed by atoms with Crippen molar-refractivity contribution in [2.45, 2.75) is 0 Å². The normalized spacial score (nSPS) is 15.7. The van der Waals surface area contributed by atoms with Gasteiger partial charge in [-0.2, -0.15) is 0 Å². The van der Waals surface area contributed by atoms with E-state index in [0.717, 1.165) is 36.9 Å². The van der Waals surface area contributed by atoms with Gasteiger partial charge in [-0.3, -0.25) is 4.79 Å². The van der Waals surface area contributed by atoms with Crippen molar-refractivity contribution in [3.63, 3.8) is 0 Å². The molecule has 1 aliphatic heterocycles. The van der Waals surface area contributed by atoms with E-state index in [2.05, 4.69) is 10.2 Å². The third-order valence-corrected chi connectivity index (χ3v) is 6.56. The number of nitrogens with zero attached hydrogens (tertiary/aromatic N) is 1. The SMILES string of the molecule is O=c1c2ccccc2oc2ccc[si](N3CCOCC3)c12. The van der Waals surface area contributed by atoms with E-state index in [4.69, 9.17) is 9.15 Å². The van der Waals surface area contributed by atoms with Gasteiger partial charge in [-0.15, -0.1) is 0 Å². The highest BCUT2D eigenvalue weighted by atomic mass is 28.2.